The highest BCUT2D eigenvalue weighted by atomic mass is 19.1. The summed E-state index contributed by atoms with van der Waals surface area (Å²) in [6, 6.07) is 10.8. The van der Waals surface area contributed by atoms with Gasteiger partial charge in [0.25, 0.3) is 11.8 Å². The Balaban J connectivity index is 1.93. The van der Waals surface area contributed by atoms with Gasteiger partial charge in [0.15, 0.2) is 0 Å². The molecule has 0 bridgehead atoms. The van der Waals surface area contributed by atoms with Crippen LogP contribution in [0.3, 0.4) is 0 Å². The van der Waals surface area contributed by atoms with Gasteiger partial charge in [-0.05, 0) is 55.0 Å². The molecule has 0 unspecified atom stereocenters. The molecule has 1 fully saturated rings. The number of rotatable bonds is 4. The van der Waals surface area contributed by atoms with Crippen molar-refractivity contribution in [2.45, 2.75) is 6.92 Å². The van der Waals surface area contributed by atoms with E-state index in [-0.39, 0.29) is 5.57 Å². The van der Waals surface area contributed by atoms with Crippen molar-refractivity contribution in [3.8, 4) is 5.75 Å². The van der Waals surface area contributed by atoms with Crippen LogP contribution < -0.4 is 15.0 Å². The lowest BCUT2D eigenvalue weighted by Crippen LogP contribution is -2.54. The fourth-order valence-corrected chi connectivity index (χ4v) is 2.48. The second-order valence-corrected chi connectivity index (χ2v) is 5.44. The number of carbonyl (C=O) groups excluding carboxylic acids is 3. The van der Waals surface area contributed by atoms with Crippen molar-refractivity contribution in [2.75, 3.05) is 11.5 Å². The van der Waals surface area contributed by atoms with Gasteiger partial charge in [-0.1, -0.05) is 12.1 Å². The maximum absolute atomic E-state index is 13.0. The second kappa shape index (κ2) is 7.18. The van der Waals surface area contributed by atoms with E-state index in [4.69, 9.17) is 4.74 Å². The van der Waals surface area contributed by atoms with Crippen LogP contribution in [0.15, 0.2) is 54.1 Å². The number of nitrogens with one attached hydrogen (secondary N) is 1. The molecule has 3 rings (SSSR count). The van der Waals surface area contributed by atoms with Gasteiger partial charge in [-0.25, -0.2) is 14.1 Å². The quantitative estimate of drug-likeness (QED) is 0.677. The van der Waals surface area contributed by atoms with Crippen LogP contribution in [0.2, 0.25) is 0 Å². The van der Waals surface area contributed by atoms with Crippen molar-refractivity contribution in [3.63, 3.8) is 0 Å². The average molecular weight is 354 g/mol. The Morgan fingerprint density at radius 2 is 1.69 bits per heavy atom. The molecule has 7 heteroatoms. The number of nitrogens with zero attached hydrogens (tertiary/aromatic N) is 1. The van der Waals surface area contributed by atoms with E-state index in [0.29, 0.717) is 23.6 Å². The first-order valence-corrected chi connectivity index (χ1v) is 7.89. The number of barbiturate groups is 1. The van der Waals surface area contributed by atoms with Crippen molar-refractivity contribution in [1.29, 1.82) is 0 Å². The predicted molar refractivity (Wildman–Crippen MR) is 93.0 cm³/mol. The van der Waals surface area contributed by atoms with E-state index in [9.17, 15) is 18.8 Å². The van der Waals surface area contributed by atoms with Crippen LogP contribution >= 0.6 is 0 Å². The molecular formula is C19H15FN2O4. The largest absolute Gasteiger partial charge is 0.494 e. The SMILES string of the molecule is CCOc1ccc(N2C(=O)NC(=O)/C(=C/c3ccc(F)cc3)C2=O)cc1. The standard InChI is InChI=1S/C19H15FN2O4/c1-2-26-15-9-7-14(8-10-15)22-18(24)16(17(23)21-19(22)25)11-12-3-5-13(20)6-4-12/h3-11H,2H2,1H3,(H,21,23,25)/b16-11-. The number of urea groups is 1. The average Bonchev–Trinajstić information content (AvgIpc) is 2.62. The van der Waals surface area contributed by atoms with Crippen molar-refractivity contribution < 1.29 is 23.5 Å². The van der Waals surface area contributed by atoms with E-state index in [2.05, 4.69) is 5.32 Å². The summed E-state index contributed by atoms with van der Waals surface area (Å²) in [6.45, 7) is 2.33. The Hall–Kier alpha value is -3.48. The minimum atomic E-state index is -0.833. The lowest BCUT2D eigenvalue weighted by Gasteiger charge is -2.26. The molecule has 2 aromatic rings. The minimum Gasteiger partial charge on any atom is -0.494 e. The molecule has 1 heterocycles. The Morgan fingerprint density at radius 1 is 1.04 bits per heavy atom. The van der Waals surface area contributed by atoms with Gasteiger partial charge in [0.05, 0.1) is 12.3 Å². The van der Waals surface area contributed by atoms with Crippen LogP contribution in [-0.4, -0.2) is 24.5 Å². The number of halogens is 1. The van der Waals surface area contributed by atoms with Crippen LogP contribution in [0, 0.1) is 5.82 Å². The molecule has 0 saturated carbocycles. The Bertz CT molecular complexity index is 889. The number of hydrogen-bond acceptors (Lipinski definition) is 4. The summed E-state index contributed by atoms with van der Waals surface area (Å²) in [5.74, 6) is -1.39. The Labute approximate surface area is 148 Å². The Morgan fingerprint density at radius 3 is 2.31 bits per heavy atom. The minimum absolute atomic E-state index is 0.218. The summed E-state index contributed by atoms with van der Waals surface area (Å²) in [6.07, 6.45) is 1.31. The maximum Gasteiger partial charge on any atom is 0.335 e. The highest BCUT2D eigenvalue weighted by molar-refractivity contribution is 6.39. The van der Waals surface area contributed by atoms with Crippen molar-refractivity contribution in [1.82, 2.24) is 5.32 Å². The van der Waals surface area contributed by atoms with Crippen LogP contribution in [0.1, 0.15) is 12.5 Å². The molecule has 6 nitrogen and oxygen atoms in total. The topological polar surface area (TPSA) is 75.7 Å². The summed E-state index contributed by atoms with van der Waals surface area (Å²) in [5, 5.41) is 2.13. The van der Waals surface area contributed by atoms with E-state index in [1.54, 1.807) is 24.3 Å². The summed E-state index contributed by atoms with van der Waals surface area (Å²) < 4.78 is 18.3. The number of carbonyl (C=O) groups is 3. The summed E-state index contributed by atoms with van der Waals surface area (Å²) in [5.41, 5.74) is 0.546. The second-order valence-electron chi connectivity index (χ2n) is 5.44. The zero-order valence-corrected chi connectivity index (χ0v) is 13.9. The monoisotopic (exact) mass is 354 g/mol. The molecular weight excluding hydrogens is 339 g/mol. The molecule has 0 atom stereocenters. The van der Waals surface area contributed by atoms with Gasteiger partial charge in [-0.3, -0.25) is 14.9 Å². The number of amides is 4. The van der Waals surface area contributed by atoms with Gasteiger partial charge < -0.3 is 4.74 Å². The van der Waals surface area contributed by atoms with Crippen molar-refractivity contribution >= 4 is 29.6 Å². The molecule has 2 aromatic carbocycles. The van der Waals surface area contributed by atoms with Gasteiger partial charge in [0, 0.05) is 0 Å². The van der Waals surface area contributed by atoms with Crippen molar-refractivity contribution in [3.05, 3.63) is 65.5 Å². The normalized spacial score (nSPS) is 16.0. The van der Waals surface area contributed by atoms with Crippen molar-refractivity contribution in [2.24, 2.45) is 0 Å². The van der Waals surface area contributed by atoms with Crippen LogP contribution in [0.25, 0.3) is 6.08 Å². The molecule has 26 heavy (non-hydrogen) atoms. The summed E-state index contributed by atoms with van der Waals surface area (Å²) in [4.78, 5) is 37.8. The summed E-state index contributed by atoms with van der Waals surface area (Å²) >= 11 is 0. The molecule has 1 N–H and O–H groups in total. The zero-order chi connectivity index (χ0) is 18.7. The van der Waals surface area contributed by atoms with E-state index in [0.717, 1.165) is 4.90 Å². The van der Waals surface area contributed by atoms with E-state index in [1.807, 2.05) is 6.92 Å². The van der Waals surface area contributed by atoms with E-state index >= 15 is 0 Å². The maximum atomic E-state index is 13.0. The van der Waals surface area contributed by atoms with E-state index < -0.39 is 23.7 Å². The van der Waals surface area contributed by atoms with Gasteiger partial charge >= 0.3 is 6.03 Å². The third-order valence-corrected chi connectivity index (χ3v) is 3.69. The lowest BCUT2D eigenvalue weighted by atomic mass is 10.1. The van der Waals surface area contributed by atoms with Gasteiger partial charge in [-0.2, -0.15) is 0 Å². The molecule has 0 radical (unpaired) electrons. The highest BCUT2D eigenvalue weighted by Gasteiger charge is 2.36. The highest BCUT2D eigenvalue weighted by Crippen LogP contribution is 2.24. The Kier molecular flexibility index (Phi) is 4.79. The third-order valence-electron chi connectivity index (χ3n) is 3.69. The van der Waals surface area contributed by atoms with Gasteiger partial charge in [0.1, 0.15) is 17.1 Å². The molecule has 0 spiro atoms. The third kappa shape index (κ3) is 3.46. The fourth-order valence-electron chi connectivity index (χ4n) is 2.48. The number of imide groups is 2. The first-order chi connectivity index (χ1) is 12.5. The predicted octanol–water partition coefficient (Wildman–Crippen LogP) is 2.89. The summed E-state index contributed by atoms with van der Waals surface area (Å²) in [7, 11) is 0. The molecule has 1 aliphatic rings. The van der Waals surface area contributed by atoms with E-state index in [1.165, 1.54) is 30.3 Å². The number of benzene rings is 2. The lowest BCUT2D eigenvalue weighted by molar-refractivity contribution is -0.122. The molecule has 4 amide bonds. The van der Waals surface area contributed by atoms with Crippen LogP contribution in [0.5, 0.6) is 5.75 Å². The zero-order valence-electron chi connectivity index (χ0n) is 13.9. The molecule has 0 aromatic heterocycles. The first-order valence-electron chi connectivity index (χ1n) is 7.89. The number of ether oxygens (including phenoxy) is 1. The number of hydrogen-bond donors (Lipinski definition) is 1. The van der Waals surface area contributed by atoms with Crippen LogP contribution in [-0.2, 0) is 9.59 Å². The number of anilines is 1. The van der Waals surface area contributed by atoms with Gasteiger partial charge in [0.2, 0.25) is 0 Å². The molecule has 132 valence electrons. The smallest absolute Gasteiger partial charge is 0.335 e. The van der Waals surface area contributed by atoms with Gasteiger partial charge in [-0.15, -0.1) is 0 Å². The molecule has 1 saturated heterocycles. The van der Waals surface area contributed by atoms with Crippen LogP contribution in [0.4, 0.5) is 14.9 Å². The molecule has 1 aliphatic heterocycles. The fraction of sp³-hybridized carbons (Fsp3) is 0.105. The first kappa shape index (κ1) is 17.3. The molecule has 0 aliphatic carbocycles.